The molecule has 1 atom stereocenters. The number of halogens is 1. The molecule has 0 radical (unpaired) electrons. The van der Waals surface area contributed by atoms with Gasteiger partial charge in [-0.3, -0.25) is 4.79 Å². The molecule has 1 unspecified atom stereocenters. The Kier molecular flexibility index (Phi) is 6.58. The van der Waals surface area contributed by atoms with Crippen molar-refractivity contribution in [2.75, 3.05) is 24.5 Å². The Hall–Kier alpha value is -2.24. The highest BCUT2D eigenvalue weighted by Gasteiger charge is 2.29. The zero-order valence-electron chi connectivity index (χ0n) is 15.7. The van der Waals surface area contributed by atoms with Crippen LogP contribution in [0.1, 0.15) is 37.9 Å². The molecule has 4 nitrogen and oxygen atoms in total. The van der Waals surface area contributed by atoms with Crippen LogP contribution >= 0.6 is 0 Å². The average Bonchev–Trinajstić information content (AvgIpc) is 2.70. The van der Waals surface area contributed by atoms with Gasteiger partial charge in [0.25, 0.3) is 0 Å². The largest absolute Gasteiger partial charge is 0.387 e. The zero-order valence-corrected chi connectivity index (χ0v) is 15.7. The first-order valence-electron chi connectivity index (χ1n) is 9.61. The van der Waals surface area contributed by atoms with Gasteiger partial charge in [-0.1, -0.05) is 37.3 Å². The summed E-state index contributed by atoms with van der Waals surface area (Å²) in [5.74, 6) is -0.153. The predicted octanol–water partition coefficient (Wildman–Crippen LogP) is 3.77. The number of β-amino-alcohol motifs (C(OH)–C–C–N with tert-alkyl or cyclic N) is 1. The molecule has 2 aromatic carbocycles. The molecule has 144 valence electrons. The molecule has 0 bridgehead atoms. The van der Waals surface area contributed by atoms with Crippen molar-refractivity contribution in [1.82, 2.24) is 4.90 Å². The van der Waals surface area contributed by atoms with Crippen molar-refractivity contribution in [2.24, 2.45) is 0 Å². The van der Waals surface area contributed by atoms with E-state index >= 15 is 0 Å². The van der Waals surface area contributed by atoms with Crippen molar-refractivity contribution in [1.29, 1.82) is 0 Å². The van der Waals surface area contributed by atoms with E-state index in [9.17, 15) is 14.3 Å². The van der Waals surface area contributed by atoms with E-state index < -0.39 is 6.10 Å². The third-order valence-electron chi connectivity index (χ3n) is 5.21. The maximum Gasteiger partial charge on any atom is 0.226 e. The van der Waals surface area contributed by atoms with Crippen molar-refractivity contribution >= 4 is 11.6 Å². The first-order chi connectivity index (χ1) is 13.1. The molecule has 5 heteroatoms. The topological polar surface area (TPSA) is 43.8 Å². The van der Waals surface area contributed by atoms with Crippen LogP contribution in [0.3, 0.4) is 0 Å². The SMILES string of the molecule is CCC(=O)N(c1ccccc1)C1CCN(CC(O)c2ccc([18F])cc2)CC1. The van der Waals surface area contributed by atoms with Crippen molar-refractivity contribution < 1.29 is 14.3 Å². The fourth-order valence-corrected chi connectivity index (χ4v) is 3.71. The number of amides is 1. The van der Waals surface area contributed by atoms with E-state index in [1.807, 2.05) is 42.2 Å². The molecule has 3 rings (SSSR count). The van der Waals surface area contributed by atoms with Crippen molar-refractivity contribution in [3.05, 3.63) is 66.0 Å². The number of piperidine rings is 1. The molecule has 1 aliphatic heterocycles. The number of aliphatic hydroxyl groups excluding tert-OH is 1. The second kappa shape index (κ2) is 9.11. The molecular weight excluding hydrogens is 342 g/mol. The Morgan fingerprint density at radius 2 is 1.78 bits per heavy atom. The van der Waals surface area contributed by atoms with Crippen LogP contribution in [0.2, 0.25) is 0 Å². The summed E-state index contributed by atoms with van der Waals surface area (Å²) >= 11 is 0. The predicted molar refractivity (Wildman–Crippen MR) is 105 cm³/mol. The summed E-state index contributed by atoms with van der Waals surface area (Å²) in [6, 6.07) is 16.0. The van der Waals surface area contributed by atoms with Gasteiger partial charge in [0, 0.05) is 37.8 Å². The van der Waals surface area contributed by atoms with E-state index in [0.29, 0.717) is 13.0 Å². The summed E-state index contributed by atoms with van der Waals surface area (Å²) in [4.78, 5) is 16.7. The van der Waals surface area contributed by atoms with Crippen LogP contribution in [-0.4, -0.2) is 41.6 Å². The van der Waals surface area contributed by atoms with Crippen LogP contribution in [-0.2, 0) is 4.79 Å². The fraction of sp³-hybridized carbons (Fsp3) is 0.409. The Morgan fingerprint density at radius 3 is 2.37 bits per heavy atom. The van der Waals surface area contributed by atoms with Crippen LogP contribution < -0.4 is 4.90 Å². The highest BCUT2D eigenvalue weighted by molar-refractivity contribution is 5.93. The summed E-state index contributed by atoms with van der Waals surface area (Å²) < 4.78 is 13.0. The highest BCUT2D eigenvalue weighted by Crippen LogP contribution is 2.25. The minimum atomic E-state index is -0.635. The molecule has 1 N–H and O–H groups in total. The Labute approximate surface area is 160 Å². The number of anilines is 1. The number of hydrogen-bond acceptors (Lipinski definition) is 3. The minimum absolute atomic E-state index is 0.144. The van der Waals surface area contributed by atoms with Crippen molar-refractivity contribution in [2.45, 2.75) is 38.3 Å². The van der Waals surface area contributed by atoms with Gasteiger partial charge in [-0.05, 0) is 42.7 Å². The second-order valence-corrected chi connectivity index (χ2v) is 7.05. The Bertz CT molecular complexity index is 728. The minimum Gasteiger partial charge on any atom is -0.387 e. The first-order valence-corrected chi connectivity index (χ1v) is 9.61. The number of carbonyl (C=O) groups excluding carboxylic acids is 1. The number of benzene rings is 2. The lowest BCUT2D eigenvalue weighted by Gasteiger charge is -2.39. The standard InChI is InChI=1S/C22H27FN2O2/c1-2-22(27)25(19-6-4-3-5-7-19)20-12-14-24(15-13-20)16-21(26)17-8-10-18(23)11-9-17/h3-11,20-21,26H,2,12-16H2,1H3/i23-1. The van der Waals surface area contributed by atoms with Gasteiger partial charge in [0.05, 0.1) is 6.10 Å². The summed E-state index contributed by atoms with van der Waals surface area (Å²) in [5, 5.41) is 10.4. The molecule has 27 heavy (non-hydrogen) atoms. The first kappa shape index (κ1) is 19.5. The Morgan fingerprint density at radius 1 is 1.15 bits per heavy atom. The van der Waals surface area contributed by atoms with Crippen LogP contribution in [0.4, 0.5) is 10.1 Å². The zero-order chi connectivity index (χ0) is 19.2. The van der Waals surface area contributed by atoms with Gasteiger partial charge in [0.2, 0.25) is 5.91 Å². The highest BCUT2D eigenvalue weighted by atomic mass is 18.2. The number of para-hydroxylation sites is 1. The molecule has 1 amide bonds. The van der Waals surface area contributed by atoms with Gasteiger partial charge in [-0.2, -0.15) is 0 Å². The second-order valence-electron chi connectivity index (χ2n) is 7.05. The monoisotopic (exact) mass is 369 g/mol. The fourth-order valence-electron chi connectivity index (χ4n) is 3.71. The molecule has 0 aromatic heterocycles. The van der Waals surface area contributed by atoms with Crippen molar-refractivity contribution in [3.8, 4) is 0 Å². The summed E-state index contributed by atoms with van der Waals surface area (Å²) in [7, 11) is 0. The quantitative estimate of drug-likeness (QED) is 0.843. The van der Waals surface area contributed by atoms with Crippen LogP contribution in [0.15, 0.2) is 54.6 Å². The number of likely N-dealkylation sites (tertiary alicyclic amines) is 1. The molecule has 2 aromatic rings. The molecule has 1 heterocycles. The molecular formula is C22H27FN2O2. The Balaban J connectivity index is 1.60. The van der Waals surface area contributed by atoms with Gasteiger partial charge >= 0.3 is 0 Å². The lowest BCUT2D eigenvalue weighted by molar-refractivity contribution is -0.119. The maximum atomic E-state index is 13.0. The summed E-state index contributed by atoms with van der Waals surface area (Å²) in [6.07, 6.45) is 1.59. The average molecular weight is 369 g/mol. The molecule has 0 saturated carbocycles. The van der Waals surface area contributed by atoms with E-state index in [1.165, 1.54) is 12.1 Å². The molecule has 1 aliphatic rings. The smallest absolute Gasteiger partial charge is 0.226 e. The van der Waals surface area contributed by atoms with E-state index in [4.69, 9.17) is 0 Å². The number of aliphatic hydroxyl groups is 1. The number of hydrogen-bond donors (Lipinski definition) is 1. The lowest BCUT2D eigenvalue weighted by atomic mass is 10.0. The summed E-state index contributed by atoms with van der Waals surface area (Å²) in [6.45, 7) is 4.06. The normalized spacial score (nSPS) is 16.9. The third kappa shape index (κ3) is 4.93. The molecule has 0 aliphatic carbocycles. The molecule has 1 fully saturated rings. The van der Waals surface area contributed by atoms with E-state index in [1.54, 1.807) is 12.1 Å². The van der Waals surface area contributed by atoms with E-state index in [0.717, 1.165) is 37.2 Å². The van der Waals surface area contributed by atoms with E-state index in [-0.39, 0.29) is 17.8 Å². The molecule has 1 saturated heterocycles. The van der Waals surface area contributed by atoms with Crippen LogP contribution in [0.5, 0.6) is 0 Å². The van der Waals surface area contributed by atoms with Gasteiger partial charge < -0.3 is 14.9 Å². The third-order valence-corrected chi connectivity index (χ3v) is 5.21. The number of nitrogens with zero attached hydrogens (tertiary/aromatic N) is 2. The molecule has 0 spiro atoms. The van der Waals surface area contributed by atoms with Crippen molar-refractivity contribution in [3.63, 3.8) is 0 Å². The van der Waals surface area contributed by atoms with E-state index in [2.05, 4.69) is 4.90 Å². The maximum absolute atomic E-state index is 13.0. The number of carbonyl (C=O) groups is 1. The lowest BCUT2D eigenvalue weighted by Crippen LogP contribution is -2.48. The van der Waals surface area contributed by atoms with Gasteiger partial charge in [0.1, 0.15) is 5.82 Å². The number of rotatable bonds is 6. The summed E-state index contributed by atoms with van der Waals surface area (Å²) in [5.41, 5.74) is 1.68. The van der Waals surface area contributed by atoms with Crippen LogP contribution in [0, 0.1) is 5.82 Å². The van der Waals surface area contributed by atoms with Gasteiger partial charge in [0.15, 0.2) is 0 Å². The van der Waals surface area contributed by atoms with Gasteiger partial charge in [-0.15, -0.1) is 0 Å². The van der Waals surface area contributed by atoms with Gasteiger partial charge in [-0.25, -0.2) is 4.39 Å². The van der Waals surface area contributed by atoms with Crippen LogP contribution in [0.25, 0.3) is 0 Å².